The van der Waals surface area contributed by atoms with Crippen LogP contribution in [-0.2, 0) is 10.2 Å². The van der Waals surface area contributed by atoms with Crippen molar-refractivity contribution in [2.45, 2.75) is 57.7 Å². The molecule has 1 aliphatic heterocycles. The van der Waals surface area contributed by atoms with Crippen LogP contribution >= 0.6 is 0 Å². The van der Waals surface area contributed by atoms with Crippen molar-refractivity contribution >= 4 is 11.5 Å². The number of ether oxygens (including phenoxy) is 1. The number of nitrogens with zero attached hydrogens (tertiary/aromatic N) is 4. The van der Waals surface area contributed by atoms with Gasteiger partial charge in [0.15, 0.2) is 5.65 Å². The molecule has 0 aliphatic carbocycles. The van der Waals surface area contributed by atoms with Gasteiger partial charge in [0, 0.05) is 25.0 Å². The van der Waals surface area contributed by atoms with Crippen LogP contribution < -0.4 is 5.32 Å². The molecule has 0 radical (unpaired) electrons. The van der Waals surface area contributed by atoms with Crippen molar-refractivity contribution in [3.8, 4) is 0 Å². The molecular formula is C31H39N5O. The molecule has 0 spiro atoms. The highest BCUT2D eigenvalue weighted by Crippen LogP contribution is 2.30. The Morgan fingerprint density at radius 2 is 1.57 bits per heavy atom. The van der Waals surface area contributed by atoms with Gasteiger partial charge in [-0.3, -0.25) is 0 Å². The zero-order valence-corrected chi connectivity index (χ0v) is 22.3. The number of likely N-dealkylation sites (tertiary alicyclic amines) is 1. The molecule has 6 nitrogen and oxygen atoms in total. The molecule has 1 saturated heterocycles. The van der Waals surface area contributed by atoms with Crippen LogP contribution in [0.1, 0.15) is 63.0 Å². The maximum absolute atomic E-state index is 6.70. The minimum Gasteiger partial charge on any atom is -0.369 e. The van der Waals surface area contributed by atoms with Crippen LogP contribution in [-0.4, -0.2) is 51.8 Å². The third kappa shape index (κ3) is 6.56. The minimum absolute atomic E-state index is 0.0111. The van der Waals surface area contributed by atoms with Gasteiger partial charge in [-0.1, -0.05) is 81.4 Å². The maximum Gasteiger partial charge on any atom is 0.153 e. The number of nitrogens with one attached hydrogen (secondary N) is 1. The van der Waals surface area contributed by atoms with Crippen molar-refractivity contribution in [3.05, 3.63) is 95.8 Å². The van der Waals surface area contributed by atoms with Gasteiger partial charge in [-0.25, -0.2) is 9.50 Å². The molecule has 0 saturated carbocycles. The van der Waals surface area contributed by atoms with Gasteiger partial charge in [-0.2, -0.15) is 0 Å². The molecule has 1 fully saturated rings. The fourth-order valence-electron chi connectivity index (χ4n) is 4.92. The smallest absolute Gasteiger partial charge is 0.153 e. The molecule has 1 aliphatic rings. The molecule has 37 heavy (non-hydrogen) atoms. The van der Waals surface area contributed by atoms with Crippen molar-refractivity contribution in [2.24, 2.45) is 0 Å². The summed E-state index contributed by atoms with van der Waals surface area (Å²) in [5.41, 5.74) is 4.41. The summed E-state index contributed by atoms with van der Waals surface area (Å²) < 4.78 is 8.58. The van der Waals surface area contributed by atoms with Gasteiger partial charge in [0.2, 0.25) is 0 Å². The fourth-order valence-corrected chi connectivity index (χ4v) is 4.92. The van der Waals surface area contributed by atoms with E-state index in [2.05, 4.69) is 91.7 Å². The zero-order chi connectivity index (χ0) is 25.7. The van der Waals surface area contributed by atoms with Crippen LogP contribution in [0, 0.1) is 0 Å². The third-order valence-electron chi connectivity index (χ3n) is 7.11. The van der Waals surface area contributed by atoms with Crippen molar-refractivity contribution in [2.75, 3.05) is 31.5 Å². The average molecular weight is 498 g/mol. The molecule has 3 heterocycles. The van der Waals surface area contributed by atoms with Crippen LogP contribution in [0.25, 0.3) is 5.65 Å². The minimum atomic E-state index is -0.0111. The Labute approximate surface area is 220 Å². The molecule has 4 aromatic rings. The van der Waals surface area contributed by atoms with E-state index in [4.69, 9.17) is 14.8 Å². The van der Waals surface area contributed by atoms with Gasteiger partial charge >= 0.3 is 0 Å². The molecule has 2 aromatic carbocycles. The van der Waals surface area contributed by atoms with E-state index in [1.165, 1.54) is 11.1 Å². The standard InChI is InChI=1S/C31H39N5O/c1-31(2,3)27-23-36-29(33-27)16-15-28(34-36)32-19-10-20-35-21-17-26(18-22-35)37-30(24-11-6-4-7-12-24)25-13-8-5-9-14-25/h4-9,11-16,23,26,30H,10,17-22H2,1-3H3,(H,32,34). The lowest BCUT2D eigenvalue weighted by Gasteiger charge is -2.34. The first kappa shape index (κ1) is 25.4. The molecular weight excluding hydrogens is 458 g/mol. The second-order valence-corrected chi connectivity index (χ2v) is 11.1. The Balaban J connectivity index is 1.08. The Morgan fingerprint density at radius 3 is 2.19 bits per heavy atom. The molecule has 1 N–H and O–H groups in total. The summed E-state index contributed by atoms with van der Waals surface area (Å²) >= 11 is 0. The van der Waals surface area contributed by atoms with E-state index < -0.39 is 0 Å². The first-order valence-corrected chi connectivity index (χ1v) is 13.5. The number of hydrogen-bond donors (Lipinski definition) is 1. The van der Waals surface area contributed by atoms with Crippen molar-refractivity contribution in [3.63, 3.8) is 0 Å². The second-order valence-electron chi connectivity index (χ2n) is 11.1. The predicted octanol–water partition coefficient (Wildman–Crippen LogP) is 6.10. The van der Waals surface area contributed by atoms with Crippen LogP contribution in [0.3, 0.4) is 0 Å². The largest absolute Gasteiger partial charge is 0.369 e. The summed E-state index contributed by atoms with van der Waals surface area (Å²) in [6.45, 7) is 10.7. The summed E-state index contributed by atoms with van der Waals surface area (Å²) in [7, 11) is 0. The second kappa shape index (κ2) is 11.4. The molecule has 0 unspecified atom stereocenters. The highest BCUT2D eigenvalue weighted by atomic mass is 16.5. The summed E-state index contributed by atoms with van der Waals surface area (Å²) in [5, 5.41) is 8.18. The van der Waals surface area contributed by atoms with Gasteiger partial charge < -0.3 is 15.0 Å². The number of anilines is 1. The number of aromatic nitrogens is 3. The molecule has 0 amide bonds. The fraction of sp³-hybridized carbons (Fsp3) is 0.419. The van der Waals surface area contributed by atoms with Crippen molar-refractivity contribution in [1.82, 2.24) is 19.5 Å². The van der Waals surface area contributed by atoms with E-state index in [0.717, 1.165) is 62.6 Å². The van der Waals surface area contributed by atoms with Gasteiger partial charge in [0.05, 0.1) is 18.0 Å². The van der Waals surface area contributed by atoms with Crippen molar-refractivity contribution in [1.29, 1.82) is 0 Å². The monoisotopic (exact) mass is 497 g/mol. The third-order valence-corrected chi connectivity index (χ3v) is 7.11. The number of benzene rings is 2. The maximum atomic E-state index is 6.70. The first-order chi connectivity index (χ1) is 18.0. The van der Waals surface area contributed by atoms with E-state index in [1.54, 1.807) is 0 Å². The van der Waals surface area contributed by atoms with Crippen LogP contribution in [0.5, 0.6) is 0 Å². The summed E-state index contributed by atoms with van der Waals surface area (Å²) in [6.07, 6.45) is 5.52. The predicted molar refractivity (Wildman–Crippen MR) is 150 cm³/mol. The SMILES string of the molecule is CC(C)(C)c1cn2nc(NCCCN3CCC(OC(c4ccccc4)c4ccccc4)CC3)ccc2n1. The van der Waals surface area contributed by atoms with Gasteiger partial charge in [0.25, 0.3) is 0 Å². The Hall–Kier alpha value is -3.22. The average Bonchev–Trinajstić information content (AvgIpc) is 3.36. The Kier molecular flexibility index (Phi) is 7.87. The summed E-state index contributed by atoms with van der Waals surface area (Å²) in [4.78, 5) is 7.26. The number of rotatable bonds is 9. The lowest BCUT2D eigenvalue weighted by molar-refractivity contribution is -0.0269. The highest BCUT2D eigenvalue weighted by molar-refractivity contribution is 5.45. The van der Waals surface area contributed by atoms with E-state index in [9.17, 15) is 0 Å². The quantitative estimate of drug-likeness (QED) is 0.283. The highest BCUT2D eigenvalue weighted by Gasteiger charge is 2.24. The normalized spacial score (nSPS) is 15.5. The van der Waals surface area contributed by atoms with Crippen LogP contribution in [0.4, 0.5) is 5.82 Å². The van der Waals surface area contributed by atoms with Gasteiger partial charge in [0.1, 0.15) is 11.9 Å². The summed E-state index contributed by atoms with van der Waals surface area (Å²) in [5.74, 6) is 0.894. The molecule has 5 rings (SSSR count). The zero-order valence-electron chi connectivity index (χ0n) is 22.3. The molecule has 0 bridgehead atoms. The summed E-state index contributed by atoms with van der Waals surface area (Å²) in [6, 6.07) is 25.2. The Bertz CT molecular complexity index is 1220. The van der Waals surface area contributed by atoms with E-state index >= 15 is 0 Å². The Morgan fingerprint density at radius 1 is 0.919 bits per heavy atom. The molecule has 0 atom stereocenters. The number of fused-ring (bicyclic) bond motifs is 1. The van der Waals surface area contributed by atoms with Crippen LogP contribution in [0.2, 0.25) is 0 Å². The lowest BCUT2D eigenvalue weighted by atomic mass is 9.93. The van der Waals surface area contributed by atoms with E-state index in [0.29, 0.717) is 0 Å². The van der Waals surface area contributed by atoms with E-state index in [1.807, 2.05) is 22.8 Å². The number of imidazole rings is 1. The van der Waals surface area contributed by atoms with Crippen LogP contribution in [0.15, 0.2) is 79.0 Å². The van der Waals surface area contributed by atoms with Gasteiger partial charge in [-0.15, -0.1) is 5.10 Å². The molecule has 2 aromatic heterocycles. The van der Waals surface area contributed by atoms with Gasteiger partial charge in [-0.05, 0) is 49.1 Å². The number of piperidine rings is 1. The first-order valence-electron chi connectivity index (χ1n) is 13.5. The number of hydrogen-bond acceptors (Lipinski definition) is 5. The van der Waals surface area contributed by atoms with Crippen molar-refractivity contribution < 1.29 is 4.74 Å². The topological polar surface area (TPSA) is 54.7 Å². The lowest BCUT2D eigenvalue weighted by Crippen LogP contribution is -2.38. The molecule has 6 heteroatoms. The van der Waals surface area contributed by atoms with E-state index in [-0.39, 0.29) is 17.6 Å². The molecule has 194 valence electrons.